The molecule has 0 saturated heterocycles. The first-order chi connectivity index (χ1) is 9.76. The topological polar surface area (TPSA) is 64.6 Å². The van der Waals surface area contributed by atoms with Gasteiger partial charge in [0.2, 0.25) is 0 Å². The predicted octanol–water partition coefficient (Wildman–Crippen LogP) is 3.02. The molecule has 1 unspecified atom stereocenters. The number of esters is 1. The SMILES string of the molecule is CCOC(=O)C1CC12CCC(NC(=O)OC(C)(C)C)CC2. The van der Waals surface area contributed by atoms with Crippen LogP contribution in [0.25, 0.3) is 0 Å². The number of nitrogens with one attached hydrogen (secondary N) is 1. The van der Waals surface area contributed by atoms with Crippen LogP contribution in [0.3, 0.4) is 0 Å². The molecule has 5 nitrogen and oxygen atoms in total. The molecular formula is C16H27NO4. The van der Waals surface area contributed by atoms with Gasteiger partial charge >= 0.3 is 12.1 Å². The van der Waals surface area contributed by atoms with Crippen molar-refractivity contribution in [3.05, 3.63) is 0 Å². The summed E-state index contributed by atoms with van der Waals surface area (Å²) in [6.07, 6.45) is 4.39. The van der Waals surface area contributed by atoms with Gasteiger partial charge in [0, 0.05) is 6.04 Å². The van der Waals surface area contributed by atoms with Gasteiger partial charge in [-0.2, -0.15) is 0 Å². The van der Waals surface area contributed by atoms with Gasteiger partial charge in [-0.3, -0.25) is 4.79 Å². The highest BCUT2D eigenvalue weighted by Crippen LogP contribution is 2.61. The van der Waals surface area contributed by atoms with Gasteiger partial charge < -0.3 is 14.8 Å². The molecule has 21 heavy (non-hydrogen) atoms. The molecule has 2 aliphatic carbocycles. The van der Waals surface area contributed by atoms with Gasteiger partial charge in [-0.05, 0) is 65.2 Å². The van der Waals surface area contributed by atoms with Crippen molar-refractivity contribution in [2.24, 2.45) is 11.3 Å². The fourth-order valence-electron chi connectivity index (χ4n) is 3.29. The maximum atomic E-state index is 11.8. The molecule has 2 aliphatic rings. The van der Waals surface area contributed by atoms with Crippen molar-refractivity contribution in [2.75, 3.05) is 6.61 Å². The lowest BCUT2D eigenvalue weighted by atomic mass is 9.82. The third kappa shape index (κ3) is 4.11. The lowest BCUT2D eigenvalue weighted by molar-refractivity contribution is -0.145. The van der Waals surface area contributed by atoms with Crippen molar-refractivity contribution in [2.45, 2.75) is 71.4 Å². The van der Waals surface area contributed by atoms with Crippen molar-refractivity contribution in [3.63, 3.8) is 0 Å². The van der Waals surface area contributed by atoms with Crippen LogP contribution in [-0.2, 0) is 14.3 Å². The summed E-state index contributed by atoms with van der Waals surface area (Å²) in [6.45, 7) is 7.87. The van der Waals surface area contributed by atoms with Gasteiger partial charge in [0.05, 0.1) is 12.5 Å². The Morgan fingerprint density at radius 1 is 1.24 bits per heavy atom. The zero-order valence-corrected chi connectivity index (χ0v) is 13.5. The van der Waals surface area contributed by atoms with Crippen LogP contribution in [0, 0.1) is 11.3 Å². The Bertz CT molecular complexity index is 405. The molecule has 0 aliphatic heterocycles. The number of ether oxygens (including phenoxy) is 2. The van der Waals surface area contributed by atoms with E-state index in [4.69, 9.17) is 9.47 Å². The van der Waals surface area contributed by atoms with E-state index >= 15 is 0 Å². The van der Waals surface area contributed by atoms with E-state index in [2.05, 4.69) is 5.32 Å². The Morgan fingerprint density at radius 2 is 1.86 bits per heavy atom. The summed E-state index contributed by atoms with van der Waals surface area (Å²) in [7, 11) is 0. The van der Waals surface area contributed by atoms with E-state index in [0.29, 0.717) is 6.61 Å². The number of carbonyl (C=O) groups excluding carboxylic acids is 2. The molecule has 0 heterocycles. The summed E-state index contributed by atoms with van der Waals surface area (Å²) in [5.74, 6) is 0.0379. The van der Waals surface area contributed by atoms with E-state index in [9.17, 15) is 9.59 Å². The number of amides is 1. The molecule has 0 aromatic carbocycles. The van der Waals surface area contributed by atoms with Gasteiger partial charge in [0.25, 0.3) is 0 Å². The third-order valence-corrected chi connectivity index (χ3v) is 4.46. The van der Waals surface area contributed by atoms with Gasteiger partial charge in [-0.15, -0.1) is 0 Å². The second-order valence-electron chi connectivity index (χ2n) is 7.29. The van der Waals surface area contributed by atoms with E-state index in [1.165, 1.54) is 0 Å². The molecule has 0 radical (unpaired) electrons. The normalized spacial score (nSPS) is 31.6. The molecule has 0 bridgehead atoms. The highest BCUT2D eigenvalue weighted by atomic mass is 16.6. The smallest absolute Gasteiger partial charge is 0.407 e. The van der Waals surface area contributed by atoms with E-state index in [1.54, 1.807) is 0 Å². The van der Waals surface area contributed by atoms with Crippen molar-refractivity contribution in [3.8, 4) is 0 Å². The minimum atomic E-state index is -0.467. The van der Waals surface area contributed by atoms with Gasteiger partial charge in [0.15, 0.2) is 0 Å². The third-order valence-electron chi connectivity index (χ3n) is 4.46. The van der Waals surface area contributed by atoms with E-state index in [0.717, 1.165) is 32.1 Å². The summed E-state index contributed by atoms with van der Waals surface area (Å²) < 4.78 is 10.4. The minimum absolute atomic E-state index is 0.0453. The minimum Gasteiger partial charge on any atom is -0.466 e. The maximum absolute atomic E-state index is 11.8. The van der Waals surface area contributed by atoms with E-state index < -0.39 is 5.60 Å². The predicted molar refractivity (Wildman–Crippen MR) is 78.8 cm³/mol. The zero-order valence-electron chi connectivity index (χ0n) is 13.5. The highest BCUT2D eigenvalue weighted by molar-refractivity contribution is 5.77. The van der Waals surface area contributed by atoms with Crippen LogP contribution in [0.1, 0.15) is 59.8 Å². The number of rotatable bonds is 3. The van der Waals surface area contributed by atoms with Crippen LogP contribution < -0.4 is 5.32 Å². The molecular weight excluding hydrogens is 270 g/mol. The van der Waals surface area contributed by atoms with Crippen LogP contribution >= 0.6 is 0 Å². The van der Waals surface area contributed by atoms with Crippen LogP contribution in [-0.4, -0.2) is 30.3 Å². The summed E-state index contributed by atoms with van der Waals surface area (Å²) in [4.78, 5) is 23.5. The Labute approximate surface area is 126 Å². The standard InChI is InChI=1S/C16H27NO4/c1-5-20-13(18)12-10-16(12)8-6-11(7-9-16)17-14(19)21-15(2,3)4/h11-12H,5-10H2,1-4H3,(H,17,19). The average Bonchev–Trinajstić information content (AvgIpc) is 3.05. The molecule has 1 atom stereocenters. The summed E-state index contributed by atoms with van der Waals surface area (Å²) in [5.41, 5.74) is -0.316. The van der Waals surface area contributed by atoms with Crippen LogP contribution in [0.15, 0.2) is 0 Å². The molecule has 5 heteroatoms. The average molecular weight is 297 g/mol. The molecule has 0 aromatic rings. The molecule has 2 rings (SSSR count). The van der Waals surface area contributed by atoms with Crippen molar-refractivity contribution in [1.29, 1.82) is 0 Å². The summed E-state index contributed by atoms with van der Waals surface area (Å²) in [6, 6.07) is 0.161. The molecule has 1 N–H and O–H groups in total. The van der Waals surface area contributed by atoms with Crippen molar-refractivity contribution in [1.82, 2.24) is 5.32 Å². The van der Waals surface area contributed by atoms with Gasteiger partial charge in [-0.25, -0.2) is 4.79 Å². The van der Waals surface area contributed by atoms with Gasteiger partial charge in [-0.1, -0.05) is 0 Å². The summed E-state index contributed by atoms with van der Waals surface area (Å²) >= 11 is 0. The molecule has 2 fully saturated rings. The molecule has 2 saturated carbocycles. The van der Waals surface area contributed by atoms with Crippen LogP contribution in [0.4, 0.5) is 4.79 Å². The summed E-state index contributed by atoms with van der Waals surface area (Å²) in [5, 5.41) is 2.93. The molecule has 0 aromatic heterocycles. The molecule has 1 spiro atoms. The first-order valence-electron chi connectivity index (χ1n) is 7.92. The number of hydrogen-bond donors (Lipinski definition) is 1. The second-order valence-corrected chi connectivity index (χ2v) is 7.29. The number of hydrogen-bond acceptors (Lipinski definition) is 4. The van der Waals surface area contributed by atoms with Gasteiger partial charge in [0.1, 0.15) is 5.60 Å². The Hall–Kier alpha value is -1.26. The largest absolute Gasteiger partial charge is 0.466 e. The Balaban J connectivity index is 1.75. The van der Waals surface area contributed by atoms with E-state index in [1.807, 2.05) is 27.7 Å². The molecule has 1 amide bonds. The number of alkyl carbamates (subject to hydrolysis) is 1. The quantitative estimate of drug-likeness (QED) is 0.813. The maximum Gasteiger partial charge on any atom is 0.407 e. The first kappa shape index (κ1) is 16.1. The fourth-order valence-corrected chi connectivity index (χ4v) is 3.29. The Morgan fingerprint density at radius 3 is 2.38 bits per heavy atom. The Kier molecular flexibility index (Phi) is 4.49. The lowest BCUT2D eigenvalue weighted by Gasteiger charge is -2.30. The van der Waals surface area contributed by atoms with Crippen LogP contribution in [0.5, 0.6) is 0 Å². The van der Waals surface area contributed by atoms with Crippen molar-refractivity contribution >= 4 is 12.1 Å². The second kappa shape index (κ2) is 5.85. The van der Waals surface area contributed by atoms with Crippen molar-refractivity contribution < 1.29 is 19.1 Å². The number of carbonyl (C=O) groups is 2. The molecule has 120 valence electrons. The van der Waals surface area contributed by atoms with E-state index in [-0.39, 0.29) is 29.4 Å². The highest BCUT2D eigenvalue weighted by Gasteiger charge is 2.59. The first-order valence-corrected chi connectivity index (χ1v) is 7.92. The monoisotopic (exact) mass is 297 g/mol. The lowest BCUT2D eigenvalue weighted by Crippen LogP contribution is -2.41. The fraction of sp³-hybridized carbons (Fsp3) is 0.875. The zero-order chi connectivity index (χ0) is 15.7. The van der Waals surface area contributed by atoms with Crippen LogP contribution in [0.2, 0.25) is 0 Å².